The standard InChI is InChI=1S/C35H65N3O6.C18H34O2/c1-2-3-4-5-6-7-8-9-10-11-12-13-14-18-21-26-34(39)41-30-23-31-42-38-43-32-29-36-27-22-28-37-35(40)44-33-24-19-16-15-17-20-25-33;1-2-3-4-5-6-7-8-9-10-11-12-13-14-15-16-17-18(19)20/h9-10,15-16,33,36,38H,2-8,11-14,17-32H2,1H3,(H,37,40);9-10H,2-8,11-17H2,1H3,(H,19,20)/b10-9-,16-15+;10-9-. The second-order valence-electron chi connectivity index (χ2n) is 17.5. The second kappa shape index (κ2) is 52.9. The van der Waals surface area contributed by atoms with Crippen LogP contribution in [0.25, 0.3) is 0 Å². The topological polar surface area (TPSA) is 144 Å². The molecule has 0 bridgehead atoms. The Morgan fingerprint density at radius 2 is 1.06 bits per heavy atom. The highest BCUT2D eigenvalue weighted by Gasteiger charge is 2.14. The van der Waals surface area contributed by atoms with Gasteiger partial charge in [0, 0.05) is 32.4 Å². The van der Waals surface area contributed by atoms with E-state index in [9.17, 15) is 14.4 Å². The van der Waals surface area contributed by atoms with Crippen LogP contribution in [0.3, 0.4) is 0 Å². The third-order valence-corrected chi connectivity index (χ3v) is 11.2. The Morgan fingerprint density at radius 1 is 0.547 bits per heavy atom. The molecule has 1 rings (SSSR count). The molecule has 0 heterocycles. The molecular formula is C53H99N3O8. The highest BCUT2D eigenvalue weighted by atomic mass is 16.9. The molecule has 11 heteroatoms. The van der Waals surface area contributed by atoms with E-state index in [1.165, 1.54) is 141 Å². The molecule has 1 unspecified atom stereocenters. The van der Waals surface area contributed by atoms with Crippen LogP contribution in [0.1, 0.15) is 239 Å². The van der Waals surface area contributed by atoms with Crippen LogP contribution in [0, 0.1) is 0 Å². The lowest BCUT2D eigenvalue weighted by Gasteiger charge is -2.18. The van der Waals surface area contributed by atoms with Crippen LogP contribution in [-0.4, -0.2) is 68.7 Å². The SMILES string of the molecule is CCCCCCCC/C=C\CCCCCCCC(=O)O.CCCCCCCC/C=C\CCCCCCCC(=O)OCCCONOCCNCCCNC(=O)OC1CC/C=C/CCC1. The largest absolute Gasteiger partial charge is 0.481 e. The Bertz CT molecular complexity index is 1100. The maximum Gasteiger partial charge on any atom is 0.407 e. The molecule has 11 nitrogen and oxygen atoms in total. The summed E-state index contributed by atoms with van der Waals surface area (Å²) in [5.41, 5.74) is 2.46. The lowest BCUT2D eigenvalue weighted by molar-refractivity contribution is -0.172. The molecule has 0 aromatic heterocycles. The fourth-order valence-corrected chi connectivity index (χ4v) is 7.29. The first kappa shape index (κ1) is 61.3. The lowest BCUT2D eigenvalue weighted by Crippen LogP contribution is -2.32. The molecule has 1 amide bonds. The van der Waals surface area contributed by atoms with Crippen LogP contribution in [-0.2, 0) is 28.7 Å². The summed E-state index contributed by atoms with van der Waals surface area (Å²) >= 11 is 0. The van der Waals surface area contributed by atoms with Crippen molar-refractivity contribution in [1.82, 2.24) is 16.3 Å². The van der Waals surface area contributed by atoms with Crippen molar-refractivity contribution in [2.75, 3.05) is 39.5 Å². The minimum Gasteiger partial charge on any atom is -0.481 e. The number of carboxylic acids is 1. The van der Waals surface area contributed by atoms with Crippen molar-refractivity contribution in [2.45, 2.75) is 245 Å². The number of carboxylic acid groups (broad SMARTS) is 1. The van der Waals surface area contributed by atoms with Crippen molar-refractivity contribution in [2.24, 2.45) is 0 Å². The number of nitrogens with one attached hydrogen (secondary N) is 3. The Hall–Kier alpha value is -2.73. The zero-order valence-corrected chi connectivity index (χ0v) is 41.3. The third kappa shape index (κ3) is 51.9. The number of unbranched alkanes of at least 4 members (excludes halogenated alkanes) is 22. The molecule has 374 valence electrons. The molecule has 0 aromatic carbocycles. The number of esters is 1. The molecule has 64 heavy (non-hydrogen) atoms. The summed E-state index contributed by atoms with van der Waals surface area (Å²) in [4.78, 5) is 44.5. The van der Waals surface area contributed by atoms with Gasteiger partial charge in [0.1, 0.15) is 6.10 Å². The van der Waals surface area contributed by atoms with E-state index in [-0.39, 0.29) is 18.2 Å². The number of aliphatic carboxylic acids is 1. The fourth-order valence-electron chi connectivity index (χ4n) is 7.29. The van der Waals surface area contributed by atoms with Crippen LogP contribution >= 0.6 is 0 Å². The predicted octanol–water partition coefficient (Wildman–Crippen LogP) is 14.1. The van der Waals surface area contributed by atoms with Crippen molar-refractivity contribution in [1.29, 1.82) is 0 Å². The van der Waals surface area contributed by atoms with Gasteiger partial charge in [-0.3, -0.25) is 19.3 Å². The molecule has 1 aliphatic rings. The van der Waals surface area contributed by atoms with Crippen LogP contribution in [0.4, 0.5) is 4.79 Å². The van der Waals surface area contributed by atoms with Gasteiger partial charge < -0.3 is 25.2 Å². The molecule has 0 aromatic rings. The molecule has 0 saturated carbocycles. The van der Waals surface area contributed by atoms with Gasteiger partial charge in [0.2, 0.25) is 0 Å². The van der Waals surface area contributed by atoms with E-state index in [0.717, 1.165) is 70.8 Å². The molecular weight excluding hydrogens is 807 g/mol. The first-order valence-electron chi connectivity index (χ1n) is 26.5. The van der Waals surface area contributed by atoms with E-state index >= 15 is 0 Å². The highest BCUT2D eigenvalue weighted by Crippen LogP contribution is 2.16. The predicted molar refractivity (Wildman–Crippen MR) is 265 cm³/mol. The average molecular weight is 906 g/mol. The van der Waals surface area contributed by atoms with Gasteiger partial charge in [0.15, 0.2) is 0 Å². The number of alkyl carbamates (subject to hydrolysis) is 1. The summed E-state index contributed by atoms with van der Waals surface area (Å²) in [6.45, 7) is 7.71. The number of rotatable bonds is 44. The summed E-state index contributed by atoms with van der Waals surface area (Å²) in [6.07, 6.45) is 53.1. The second-order valence-corrected chi connectivity index (χ2v) is 17.5. The number of hydrogen-bond donors (Lipinski definition) is 4. The van der Waals surface area contributed by atoms with Crippen LogP contribution in [0.5, 0.6) is 0 Å². The maximum atomic E-state index is 11.9. The minimum absolute atomic E-state index is 0.0203. The van der Waals surface area contributed by atoms with Crippen LogP contribution < -0.4 is 16.3 Å². The van der Waals surface area contributed by atoms with Crippen molar-refractivity contribution in [3.63, 3.8) is 0 Å². The maximum absolute atomic E-state index is 11.9. The number of allylic oxidation sites excluding steroid dienone is 6. The highest BCUT2D eigenvalue weighted by molar-refractivity contribution is 5.69. The van der Waals surface area contributed by atoms with Crippen molar-refractivity contribution < 1.29 is 38.6 Å². The van der Waals surface area contributed by atoms with Gasteiger partial charge in [-0.05, 0) is 109 Å². The first-order chi connectivity index (χ1) is 31.5. The van der Waals surface area contributed by atoms with Crippen molar-refractivity contribution in [3.8, 4) is 0 Å². The van der Waals surface area contributed by atoms with Crippen molar-refractivity contribution in [3.05, 3.63) is 36.5 Å². The number of ether oxygens (including phenoxy) is 2. The van der Waals surface area contributed by atoms with Gasteiger partial charge in [-0.2, -0.15) is 0 Å². The molecule has 0 saturated heterocycles. The summed E-state index contributed by atoms with van der Waals surface area (Å²) in [5.74, 6) is -0.791. The Labute approximate surface area is 392 Å². The number of carbonyl (C=O) groups excluding carboxylic acids is 2. The zero-order valence-electron chi connectivity index (χ0n) is 41.3. The Kier molecular flexibility index (Phi) is 50.6. The van der Waals surface area contributed by atoms with Gasteiger partial charge in [0.05, 0.1) is 19.8 Å². The van der Waals surface area contributed by atoms with E-state index in [4.69, 9.17) is 24.3 Å². The van der Waals surface area contributed by atoms with Gasteiger partial charge in [-0.25, -0.2) is 4.79 Å². The first-order valence-corrected chi connectivity index (χ1v) is 26.5. The van der Waals surface area contributed by atoms with Gasteiger partial charge in [-0.1, -0.05) is 159 Å². The van der Waals surface area contributed by atoms with E-state index in [1.54, 1.807) is 0 Å². The Balaban J connectivity index is 0.00000166. The monoisotopic (exact) mass is 906 g/mol. The van der Waals surface area contributed by atoms with E-state index < -0.39 is 5.97 Å². The lowest BCUT2D eigenvalue weighted by atomic mass is 10.0. The molecule has 4 N–H and O–H groups in total. The van der Waals surface area contributed by atoms with E-state index in [2.05, 4.69) is 66.6 Å². The fraction of sp³-hybridized carbons (Fsp3) is 0.830. The van der Waals surface area contributed by atoms with Gasteiger partial charge >= 0.3 is 18.0 Å². The van der Waals surface area contributed by atoms with E-state index in [0.29, 0.717) is 52.2 Å². The molecule has 0 fully saturated rings. The molecule has 1 aliphatic carbocycles. The zero-order chi connectivity index (χ0) is 46.5. The van der Waals surface area contributed by atoms with E-state index in [1.807, 2.05) is 0 Å². The summed E-state index contributed by atoms with van der Waals surface area (Å²) in [7, 11) is 0. The number of amides is 1. The number of carbonyl (C=O) groups is 3. The molecule has 1 atom stereocenters. The third-order valence-electron chi connectivity index (χ3n) is 11.2. The van der Waals surface area contributed by atoms with Crippen molar-refractivity contribution >= 4 is 18.0 Å². The minimum atomic E-state index is -0.664. The average Bonchev–Trinajstić information content (AvgIpc) is 3.27. The molecule has 0 aliphatic heterocycles. The Morgan fingerprint density at radius 3 is 1.64 bits per heavy atom. The molecule has 0 radical (unpaired) electrons. The molecule has 0 spiro atoms. The quantitative estimate of drug-likeness (QED) is 0.0202. The normalized spacial score (nSPS) is 14.5. The van der Waals surface area contributed by atoms with Gasteiger partial charge in [-0.15, -0.1) is 0 Å². The van der Waals surface area contributed by atoms with Crippen LogP contribution in [0.15, 0.2) is 36.5 Å². The van der Waals surface area contributed by atoms with Crippen LogP contribution in [0.2, 0.25) is 0 Å². The smallest absolute Gasteiger partial charge is 0.407 e. The number of hydrogen-bond acceptors (Lipinski definition) is 9. The summed E-state index contributed by atoms with van der Waals surface area (Å²) in [6, 6.07) is 0. The van der Waals surface area contributed by atoms with Gasteiger partial charge in [0.25, 0.3) is 0 Å². The summed E-state index contributed by atoms with van der Waals surface area (Å²) < 4.78 is 10.8. The summed E-state index contributed by atoms with van der Waals surface area (Å²) in [5, 5.41) is 14.6.